The lowest BCUT2D eigenvalue weighted by Crippen LogP contribution is -2.48. The number of piperidine rings is 1. The standard InChI is InChI=1S/C15H22N2O/c16-9-13-6-3-4-8-17(13)15-11-18-10-12-5-1-2-7-14(12)15/h1-2,5,7,13,15H,3-4,6,8-11,16H2. The molecule has 2 aliphatic rings. The summed E-state index contributed by atoms with van der Waals surface area (Å²) in [5.74, 6) is 0. The molecule has 2 N–H and O–H groups in total. The van der Waals surface area contributed by atoms with Crippen molar-refractivity contribution in [3.05, 3.63) is 35.4 Å². The number of hydrogen-bond donors (Lipinski definition) is 1. The zero-order valence-electron chi connectivity index (χ0n) is 10.8. The van der Waals surface area contributed by atoms with E-state index in [0.717, 1.165) is 26.3 Å². The van der Waals surface area contributed by atoms with Gasteiger partial charge in [0.2, 0.25) is 0 Å². The molecule has 1 aromatic carbocycles. The number of nitrogens with two attached hydrogens (primary N) is 1. The quantitative estimate of drug-likeness (QED) is 0.868. The Morgan fingerprint density at radius 1 is 1.28 bits per heavy atom. The van der Waals surface area contributed by atoms with E-state index < -0.39 is 0 Å². The molecular formula is C15H22N2O. The van der Waals surface area contributed by atoms with Crippen LogP contribution in [0.3, 0.4) is 0 Å². The van der Waals surface area contributed by atoms with Crippen LogP contribution in [0.2, 0.25) is 0 Å². The fourth-order valence-electron chi connectivity index (χ4n) is 3.32. The summed E-state index contributed by atoms with van der Waals surface area (Å²) in [5.41, 5.74) is 8.73. The predicted molar refractivity (Wildman–Crippen MR) is 72.2 cm³/mol. The van der Waals surface area contributed by atoms with E-state index >= 15 is 0 Å². The number of fused-ring (bicyclic) bond motifs is 1. The molecule has 2 heterocycles. The van der Waals surface area contributed by atoms with Crippen molar-refractivity contribution in [2.75, 3.05) is 19.7 Å². The van der Waals surface area contributed by atoms with Gasteiger partial charge in [-0.15, -0.1) is 0 Å². The second kappa shape index (κ2) is 5.39. The van der Waals surface area contributed by atoms with Crippen LogP contribution >= 0.6 is 0 Å². The van der Waals surface area contributed by atoms with E-state index in [9.17, 15) is 0 Å². The summed E-state index contributed by atoms with van der Waals surface area (Å²) in [7, 11) is 0. The smallest absolute Gasteiger partial charge is 0.0721 e. The van der Waals surface area contributed by atoms with Crippen LogP contribution < -0.4 is 5.73 Å². The van der Waals surface area contributed by atoms with E-state index in [1.807, 2.05) is 0 Å². The Morgan fingerprint density at radius 2 is 2.17 bits per heavy atom. The number of hydrogen-bond acceptors (Lipinski definition) is 3. The number of nitrogens with zero attached hydrogens (tertiary/aromatic N) is 1. The maximum atomic E-state index is 5.94. The first kappa shape index (κ1) is 12.2. The molecule has 0 aromatic heterocycles. The second-order valence-corrected chi connectivity index (χ2v) is 5.35. The average Bonchev–Trinajstić information content (AvgIpc) is 2.46. The van der Waals surface area contributed by atoms with Gasteiger partial charge in [0.25, 0.3) is 0 Å². The van der Waals surface area contributed by atoms with Gasteiger partial charge in [0.1, 0.15) is 0 Å². The van der Waals surface area contributed by atoms with E-state index in [0.29, 0.717) is 12.1 Å². The van der Waals surface area contributed by atoms with Crippen molar-refractivity contribution in [2.24, 2.45) is 5.73 Å². The summed E-state index contributed by atoms with van der Waals surface area (Å²) < 4.78 is 5.77. The average molecular weight is 246 g/mol. The third kappa shape index (κ3) is 2.18. The van der Waals surface area contributed by atoms with Gasteiger partial charge >= 0.3 is 0 Å². The Kier molecular flexibility index (Phi) is 3.64. The van der Waals surface area contributed by atoms with Gasteiger partial charge < -0.3 is 10.5 Å². The Labute approximate surface area is 109 Å². The molecule has 0 radical (unpaired) electrons. The molecule has 0 bridgehead atoms. The lowest BCUT2D eigenvalue weighted by atomic mass is 9.93. The van der Waals surface area contributed by atoms with E-state index in [4.69, 9.17) is 10.5 Å². The van der Waals surface area contributed by atoms with Crippen molar-refractivity contribution in [1.29, 1.82) is 0 Å². The first-order chi connectivity index (χ1) is 8.90. The largest absolute Gasteiger partial charge is 0.375 e. The molecule has 0 saturated carbocycles. The number of likely N-dealkylation sites (tertiary alicyclic amines) is 1. The minimum absolute atomic E-state index is 0.406. The van der Waals surface area contributed by atoms with E-state index in [1.54, 1.807) is 0 Å². The molecule has 3 nitrogen and oxygen atoms in total. The van der Waals surface area contributed by atoms with Crippen LogP contribution in [0, 0.1) is 0 Å². The van der Waals surface area contributed by atoms with Crippen molar-refractivity contribution in [3.63, 3.8) is 0 Å². The molecule has 0 amide bonds. The van der Waals surface area contributed by atoms with Gasteiger partial charge in [-0.05, 0) is 30.5 Å². The third-order valence-corrected chi connectivity index (χ3v) is 4.29. The van der Waals surface area contributed by atoms with Crippen LogP contribution in [0.5, 0.6) is 0 Å². The van der Waals surface area contributed by atoms with Crippen molar-refractivity contribution >= 4 is 0 Å². The maximum Gasteiger partial charge on any atom is 0.0721 e. The van der Waals surface area contributed by atoms with Crippen molar-refractivity contribution in [1.82, 2.24) is 4.90 Å². The zero-order valence-corrected chi connectivity index (χ0v) is 10.8. The van der Waals surface area contributed by atoms with E-state index in [2.05, 4.69) is 29.2 Å². The Bertz CT molecular complexity index is 407. The number of ether oxygens (including phenoxy) is 1. The summed E-state index contributed by atoms with van der Waals surface area (Å²) in [6, 6.07) is 9.61. The van der Waals surface area contributed by atoms with Crippen LogP contribution in [0.25, 0.3) is 0 Å². The maximum absolute atomic E-state index is 5.94. The van der Waals surface area contributed by atoms with E-state index in [1.165, 1.54) is 30.4 Å². The summed E-state index contributed by atoms with van der Waals surface area (Å²) >= 11 is 0. The van der Waals surface area contributed by atoms with Crippen LogP contribution in [0.1, 0.15) is 36.4 Å². The fraction of sp³-hybridized carbons (Fsp3) is 0.600. The molecule has 2 unspecified atom stereocenters. The molecule has 2 aliphatic heterocycles. The van der Waals surface area contributed by atoms with Crippen LogP contribution in [0.4, 0.5) is 0 Å². The van der Waals surface area contributed by atoms with Gasteiger partial charge in [-0.25, -0.2) is 0 Å². The minimum Gasteiger partial charge on any atom is -0.375 e. The predicted octanol–water partition coefficient (Wildman–Crippen LogP) is 2.07. The van der Waals surface area contributed by atoms with Crippen LogP contribution in [-0.4, -0.2) is 30.6 Å². The van der Waals surface area contributed by atoms with E-state index in [-0.39, 0.29) is 0 Å². The monoisotopic (exact) mass is 246 g/mol. The second-order valence-electron chi connectivity index (χ2n) is 5.35. The van der Waals surface area contributed by atoms with Gasteiger partial charge in [0.15, 0.2) is 0 Å². The normalized spacial score (nSPS) is 28.9. The van der Waals surface area contributed by atoms with Crippen LogP contribution in [-0.2, 0) is 11.3 Å². The molecule has 0 spiro atoms. The minimum atomic E-state index is 0.406. The summed E-state index contributed by atoms with van der Waals surface area (Å²) in [6.07, 6.45) is 3.83. The van der Waals surface area contributed by atoms with Gasteiger partial charge in [-0.3, -0.25) is 4.90 Å². The Hall–Kier alpha value is -0.900. The molecule has 3 heteroatoms. The molecule has 3 rings (SSSR count). The van der Waals surface area contributed by atoms with Crippen molar-refractivity contribution in [3.8, 4) is 0 Å². The highest BCUT2D eigenvalue weighted by Gasteiger charge is 2.32. The van der Waals surface area contributed by atoms with Gasteiger partial charge in [-0.2, -0.15) is 0 Å². The highest BCUT2D eigenvalue weighted by molar-refractivity contribution is 5.31. The Morgan fingerprint density at radius 3 is 3.06 bits per heavy atom. The molecular weight excluding hydrogens is 224 g/mol. The summed E-state index contributed by atoms with van der Waals surface area (Å²) in [6.45, 7) is 3.49. The first-order valence-corrected chi connectivity index (χ1v) is 7.01. The first-order valence-electron chi connectivity index (χ1n) is 7.01. The zero-order chi connectivity index (χ0) is 12.4. The lowest BCUT2D eigenvalue weighted by Gasteiger charge is -2.42. The Balaban J connectivity index is 1.88. The number of benzene rings is 1. The van der Waals surface area contributed by atoms with Crippen molar-refractivity contribution in [2.45, 2.75) is 38.0 Å². The van der Waals surface area contributed by atoms with Gasteiger partial charge in [-0.1, -0.05) is 30.7 Å². The van der Waals surface area contributed by atoms with Crippen LogP contribution in [0.15, 0.2) is 24.3 Å². The number of rotatable bonds is 2. The topological polar surface area (TPSA) is 38.5 Å². The fourth-order valence-corrected chi connectivity index (χ4v) is 3.32. The molecule has 18 heavy (non-hydrogen) atoms. The van der Waals surface area contributed by atoms with Crippen molar-refractivity contribution < 1.29 is 4.74 Å². The highest BCUT2D eigenvalue weighted by Crippen LogP contribution is 2.33. The SMILES string of the molecule is NCC1CCCCN1C1COCc2ccccc21. The summed E-state index contributed by atoms with van der Waals surface area (Å²) in [5, 5.41) is 0. The highest BCUT2D eigenvalue weighted by atomic mass is 16.5. The molecule has 98 valence electrons. The third-order valence-electron chi connectivity index (χ3n) is 4.29. The molecule has 1 fully saturated rings. The molecule has 1 aromatic rings. The summed E-state index contributed by atoms with van der Waals surface area (Å²) in [4.78, 5) is 2.57. The molecule has 2 atom stereocenters. The van der Waals surface area contributed by atoms with Gasteiger partial charge in [0, 0.05) is 12.6 Å². The van der Waals surface area contributed by atoms with Gasteiger partial charge in [0.05, 0.1) is 19.3 Å². The lowest BCUT2D eigenvalue weighted by molar-refractivity contribution is 0.00308. The molecule has 1 saturated heterocycles. The molecule has 0 aliphatic carbocycles.